The molecule has 4 rings (SSSR count). The van der Waals surface area contributed by atoms with Crippen molar-refractivity contribution >= 4 is 17.8 Å². The molecule has 1 atom stereocenters. The number of amides is 1. The zero-order valence-corrected chi connectivity index (χ0v) is 11.0. The van der Waals surface area contributed by atoms with Crippen molar-refractivity contribution in [2.45, 2.75) is 19.0 Å². The summed E-state index contributed by atoms with van der Waals surface area (Å²) in [6, 6.07) is 16.0. The topological polar surface area (TPSA) is 32.7 Å². The fraction of sp³-hybridized carbons (Fsp3) is 0.176. The van der Waals surface area contributed by atoms with Gasteiger partial charge in [0.2, 0.25) is 0 Å². The Morgan fingerprint density at radius 2 is 1.75 bits per heavy atom. The first-order chi connectivity index (χ1) is 9.83. The molecule has 0 N–H and O–H groups in total. The minimum atomic E-state index is 0.0600. The Morgan fingerprint density at radius 1 is 1.00 bits per heavy atom. The lowest BCUT2D eigenvalue weighted by Crippen LogP contribution is -2.44. The number of hydrogen-bond donors (Lipinski definition) is 0. The summed E-state index contributed by atoms with van der Waals surface area (Å²) in [4.78, 5) is 19.2. The van der Waals surface area contributed by atoms with Crippen molar-refractivity contribution in [1.82, 2.24) is 4.90 Å². The van der Waals surface area contributed by atoms with Crippen LogP contribution >= 0.6 is 0 Å². The molecular formula is C17H14N2O. The van der Waals surface area contributed by atoms with E-state index in [0.29, 0.717) is 12.1 Å². The van der Waals surface area contributed by atoms with Gasteiger partial charge in [-0.15, -0.1) is 0 Å². The van der Waals surface area contributed by atoms with Gasteiger partial charge in [0.1, 0.15) is 0 Å². The Bertz CT molecular complexity index is 720. The minimum absolute atomic E-state index is 0.0600. The number of aliphatic imine (C=N–C) groups is 1. The third-order valence-corrected chi connectivity index (χ3v) is 4.07. The molecule has 0 bridgehead atoms. The van der Waals surface area contributed by atoms with Crippen LogP contribution < -0.4 is 0 Å². The van der Waals surface area contributed by atoms with E-state index >= 15 is 0 Å². The van der Waals surface area contributed by atoms with Crippen molar-refractivity contribution in [3.05, 3.63) is 65.2 Å². The van der Waals surface area contributed by atoms with Crippen molar-refractivity contribution in [3.8, 4) is 0 Å². The van der Waals surface area contributed by atoms with Gasteiger partial charge in [0, 0.05) is 12.8 Å². The van der Waals surface area contributed by atoms with Gasteiger partial charge in [0.05, 0.1) is 17.3 Å². The lowest BCUT2D eigenvalue weighted by Gasteiger charge is -2.34. The smallest absolute Gasteiger partial charge is 0.256 e. The highest BCUT2D eigenvalue weighted by molar-refractivity contribution is 6.02. The molecule has 2 heterocycles. The van der Waals surface area contributed by atoms with Crippen molar-refractivity contribution in [2.24, 2.45) is 4.99 Å². The van der Waals surface area contributed by atoms with Crippen LogP contribution in [0.15, 0.2) is 53.5 Å². The van der Waals surface area contributed by atoms with E-state index in [0.717, 1.165) is 12.1 Å². The second-order valence-corrected chi connectivity index (χ2v) is 5.27. The quantitative estimate of drug-likeness (QED) is 0.718. The standard InChI is InChI=1S/C17H14N2O/c20-17-15-7-3-4-8-16(15)18-10-14-9-12-5-1-2-6-13(12)11-19(14)17/h1-8,10,14H,9,11H2. The predicted octanol–water partition coefficient (Wildman–Crippen LogP) is 2.97. The zero-order valence-electron chi connectivity index (χ0n) is 11.0. The molecule has 98 valence electrons. The van der Waals surface area contributed by atoms with Crippen LogP contribution in [0.4, 0.5) is 5.69 Å². The van der Waals surface area contributed by atoms with Crippen LogP contribution in [0.5, 0.6) is 0 Å². The fourth-order valence-corrected chi connectivity index (χ4v) is 2.99. The number of rotatable bonds is 0. The molecule has 1 amide bonds. The number of benzene rings is 2. The van der Waals surface area contributed by atoms with E-state index in [1.807, 2.05) is 41.4 Å². The highest BCUT2D eigenvalue weighted by atomic mass is 16.2. The summed E-state index contributed by atoms with van der Waals surface area (Å²) >= 11 is 0. The van der Waals surface area contributed by atoms with Crippen LogP contribution in [0.2, 0.25) is 0 Å². The number of hydrogen-bond acceptors (Lipinski definition) is 2. The predicted molar refractivity (Wildman–Crippen MR) is 78.4 cm³/mol. The molecule has 2 aromatic carbocycles. The largest absolute Gasteiger partial charge is 0.326 e. The second-order valence-electron chi connectivity index (χ2n) is 5.27. The van der Waals surface area contributed by atoms with Crippen molar-refractivity contribution < 1.29 is 4.79 Å². The van der Waals surface area contributed by atoms with Crippen LogP contribution in [0.3, 0.4) is 0 Å². The van der Waals surface area contributed by atoms with Gasteiger partial charge in [-0.25, -0.2) is 0 Å². The number of nitrogens with zero attached hydrogens (tertiary/aromatic N) is 2. The first-order valence-corrected chi connectivity index (χ1v) is 6.84. The van der Waals surface area contributed by atoms with Gasteiger partial charge in [-0.1, -0.05) is 36.4 Å². The van der Waals surface area contributed by atoms with Gasteiger partial charge in [-0.05, 0) is 29.7 Å². The molecule has 2 aromatic rings. The van der Waals surface area contributed by atoms with Gasteiger partial charge >= 0.3 is 0 Å². The summed E-state index contributed by atoms with van der Waals surface area (Å²) < 4.78 is 0. The third-order valence-electron chi connectivity index (χ3n) is 4.07. The van der Waals surface area contributed by atoms with Gasteiger partial charge in [0.15, 0.2) is 0 Å². The first-order valence-electron chi connectivity index (χ1n) is 6.84. The molecule has 0 fully saturated rings. The Balaban J connectivity index is 1.81. The van der Waals surface area contributed by atoms with E-state index in [4.69, 9.17) is 0 Å². The Kier molecular flexibility index (Phi) is 2.46. The highest BCUT2D eigenvalue weighted by Gasteiger charge is 2.31. The molecule has 0 radical (unpaired) electrons. The second kappa shape index (κ2) is 4.30. The van der Waals surface area contributed by atoms with E-state index in [1.54, 1.807) is 0 Å². The summed E-state index contributed by atoms with van der Waals surface area (Å²) in [5.74, 6) is 0.0811. The SMILES string of the molecule is O=C1c2ccccc2N=CC2Cc3ccccc3CN12. The van der Waals surface area contributed by atoms with E-state index in [1.165, 1.54) is 11.1 Å². The Hall–Kier alpha value is -2.42. The van der Waals surface area contributed by atoms with E-state index in [2.05, 4.69) is 23.2 Å². The van der Waals surface area contributed by atoms with Gasteiger partial charge in [0.25, 0.3) is 5.91 Å². The minimum Gasteiger partial charge on any atom is -0.326 e. The van der Waals surface area contributed by atoms with Gasteiger partial charge in [-0.2, -0.15) is 0 Å². The van der Waals surface area contributed by atoms with Crippen molar-refractivity contribution in [3.63, 3.8) is 0 Å². The fourth-order valence-electron chi connectivity index (χ4n) is 2.99. The molecule has 0 spiro atoms. The summed E-state index contributed by atoms with van der Waals surface area (Å²) in [5, 5.41) is 0. The molecular weight excluding hydrogens is 248 g/mol. The molecule has 0 saturated carbocycles. The molecule has 3 nitrogen and oxygen atoms in total. The van der Waals surface area contributed by atoms with Gasteiger partial charge < -0.3 is 4.90 Å². The van der Waals surface area contributed by atoms with E-state index < -0.39 is 0 Å². The van der Waals surface area contributed by atoms with Crippen LogP contribution in [0.1, 0.15) is 21.5 Å². The first kappa shape index (κ1) is 11.4. The molecule has 2 aliphatic heterocycles. The monoisotopic (exact) mass is 262 g/mol. The number of carbonyl (C=O) groups is 1. The molecule has 0 saturated heterocycles. The number of para-hydroxylation sites is 1. The maximum absolute atomic E-state index is 12.7. The Morgan fingerprint density at radius 3 is 2.65 bits per heavy atom. The van der Waals surface area contributed by atoms with Crippen molar-refractivity contribution in [1.29, 1.82) is 0 Å². The molecule has 1 unspecified atom stereocenters. The molecule has 0 aliphatic carbocycles. The zero-order chi connectivity index (χ0) is 13.5. The summed E-state index contributed by atoms with van der Waals surface area (Å²) in [7, 11) is 0. The highest BCUT2D eigenvalue weighted by Crippen LogP contribution is 2.29. The average Bonchev–Trinajstić information content (AvgIpc) is 2.64. The van der Waals surface area contributed by atoms with Crippen LogP contribution in [-0.4, -0.2) is 23.1 Å². The molecule has 2 aliphatic rings. The van der Waals surface area contributed by atoms with Crippen LogP contribution in [0, 0.1) is 0 Å². The Labute approximate surface area is 117 Å². The van der Waals surface area contributed by atoms with Crippen LogP contribution in [0.25, 0.3) is 0 Å². The number of fused-ring (bicyclic) bond motifs is 3. The normalized spacial score (nSPS) is 19.9. The number of carbonyl (C=O) groups excluding carboxylic acids is 1. The summed E-state index contributed by atoms with van der Waals surface area (Å²) in [6.45, 7) is 0.667. The maximum Gasteiger partial charge on any atom is 0.256 e. The lowest BCUT2D eigenvalue weighted by atomic mass is 9.94. The molecule has 3 heteroatoms. The lowest BCUT2D eigenvalue weighted by molar-refractivity contribution is 0.0703. The summed E-state index contributed by atoms with van der Waals surface area (Å²) in [5.41, 5.74) is 4.03. The summed E-state index contributed by atoms with van der Waals surface area (Å²) in [6.07, 6.45) is 2.76. The third kappa shape index (κ3) is 1.67. The van der Waals surface area contributed by atoms with Crippen LogP contribution in [-0.2, 0) is 13.0 Å². The molecule has 0 aromatic heterocycles. The van der Waals surface area contributed by atoms with E-state index in [-0.39, 0.29) is 11.9 Å². The van der Waals surface area contributed by atoms with Gasteiger partial charge in [-0.3, -0.25) is 9.79 Å². The average molecular weight is 262 g/mol. The van der Waals surface area contributed by atoms with E-state index in [9.17, 15) is 4.79 Å². The maximum atomic E-state index is 12.7. The molecule has 20 heavy (non-hydrogen) atoms. The van der Waals surface area contributed by atoms with Crippen molar-refractivity contribution in [2.75, 3.05) is 0 Å².